The molecule has 1 rings (SSSR count). The molecule has 19 heteroatoms. The second-order valence-electron chi connectivity index (χ2n) is 19.7. The predicted molar refractivity (Wildman–Crippen MR) is 290 cm³/mol. The van der Waals surface area contributed by atoms with Gasteiger partial charge in [0.2, 0.25) is 11.8 Å². The highest BCUT2D eigenvalue weighted by molar-refractivity contribution is 7.09. The van der Waals surface area contributed by atoms with Crippen LogP contribution in [0.2, 0.25) is 0 Å². The van der Waals surface area contributed by atoms with Crippen LogP contribution in [0.4, 0.5) is 0 Å². The van der Waals surface area contributed by atoms with Gasteiger partial charge in [0.15, 0.2) is 18.4 Å². The fourth-order valence-corrected chi connectivity index (χ4v) is 9.60. The Labute approximate surface area is 443 Å². The first-order valence-electron chi connectivity index (χ1n) is 27.8. The van der Waals surface area contributed by atoms with Crippen LogP contribution in [0.25, 0.3) is 0 Å². The second kappa shape index (κ2) is 50.7. The van der Waals surface area contributed by atoms with E-state index in [1.807, 2.05) is 0 Å². The monoisotopic (exact) mass is 1070 g/mol. The SMILES string of the molecule is CCCCCCCCCCCC(CC(=O)NC(CO[C@@H]1OC(CO)[C@@H](OP)C(OC(=O)CC(CCCCCCCCCCC)OC)C1NC(=O)CC(CCCCCCCCCCC)OC)C(=O)O)OC.O.O.O. The molecule has 0 spiro atoms. The highest BCUT2D eigenvalue weighted by atomic mass is 31.0. The van der Waals surface area contributed by atoms with Crippen LogP contribution in [0.5, 0.6) is 0 Å². The average Bonchev–Trinajstić information content (AvgIpc) is 3.35. The minimum absolute atomic E-state index is 0. The molecule has 1 aliphatic rings. The van der Waals surface area contributed by atoms with E-state index < -0.39 is 79.8 Å². The summed E-state index contributed by atoms with van der Waals surface area (Å²) in [6.07, 6.45) is 27.4. The number of carbonyl (C=O) groups is 4. The first-order chi connectivity index (χ1) is 34.0. The number of aliphatic carboxylic acids is 1. The smallest absolute Gasteiger partial charge is 0.328 e. The van der Waals surface area contributed by atoms with Crippen LogP contribution in [0, 0.1) is 0 Å². The van der Waals surface area contributed by atoms with Crippen molar-refractivity contribution < 1.29 is 78.8 Å². The highest BCUT2D eigenvalue weighted by Gasteiger charge is 2.50. The van der Waals surface area contributed by atoms with Crippen molar-refractivity contribution in [3.05, 3.63) is 0 Å². The fraction of sp³-hybridized carbons (Fsp3) is 0.926. The van der Waals surface area contributed by atoms with Crippen LogP contribution in [-0.2, 0) is 52.1 Å². The van der Waals surface area contributed by atoms with Crippen molar-refractivity contribution >= 4 is 33.2 Å². The van der Waals surface area contributed by atoms with Crippen LogP contribution < -0.4 is 10.6 Å². The van der Waals surface area contributed by atoms with Gasteiger partial charge in [0.05, 0.1) is 50.8 Å². The Morgan fingerprint density at radius 3 is 1.27 bits per heavy atom. The molecule has 8 unspecified atom stereocenters. The molecule has 436 valence electrons. The Balaban J connectivity index is -0.0000163. The molecule has 0 aliphatic carbocycles. The van der Waals surface area contributed by atoms with E-state index >= 15 is 0 Å². The Bertz CT molecular complexity index is 1310. The number of esters is 1. The van der Waals surface area contributed by atoms with Crippen LogP contribution >= 0.6 is 9.47 Å². The molecular formula is C54H109N2O16P. The number of unbranched alkanes of at least 4 members (excludes halogenated alkanes) is 24. The standard InChI is InChI=1S/C54H103N2O13P.3H2O/c1-7-10-13-16-19-22-25-28-31-34-42(63-4)37-47(58)55-45(53(61)62)41-66-54-50(56-48(59)38-43(64-5)35-32-29-26-23-20-17-14-11-8-2)52(51(69-70)46(40-57)67-54)68-49(60)39-44(65-6)36-33-30-27-24-21-18-15-12-9-3;;;/h42-46,50-52,54,57H,7-41,70H2,1-6H3,(H,55,58)(H,56,59)(H,61,62);3*1H2/t42?,43?,44?,45?,46?,50?,51-,52?,54-;;;/m1.../s1. The lowest BCUT2D eigenvalue weighted by Gasteiger charge is -2.45. The molecule has 0 radical (unpaired) electrons. The average molecular weight is 1070 g/mol. The summed E-state index contributed by atoms with van der Waals surface area (Å²) in [4.78, 5) is 53.5. The molecular weight excluding hydrogens is 964 g/mol. The Morgan fingerprint density at radius 1 is 0.548 bits per heavy atom. The number of aliphatic hydroxyl groups is 1. The normalized spacial score (nSPS) is 19.0. The van der Waals surface area contributed by atoms with Crippen molar-refractivity contribution in [2.45, 2.75) is 288 Å². The molecule has 1 heterocycles. The Morgan fingerprint density at radius 2 is 0.918 bits per heavy atom. The van der Waals surface area contributed by atoms with Crippen LogP contribution in [0.1, 0.15) is 233 Å². The molecule has 0 aromatic carbocycles. The Kier molecular flexibility index (Phi) is 52.2. The molecule has 0 aromatic heterocycles. The third-order valence-electron chi connectivity index (χ3n) is 13.7. The van der Waals surface area contributed by atoms with Gasteiger partial charge >= 0.3 is 11.9 Å². The van der Waals surface area contributed by atoms with E-state index in [9.17, 15) is 29.4 Å². The van der Waals surface area contributed by atoms with Gasteiger partial charge in [0.1, 0.15) is 18.2 Å². The molecule has 0 aromatic rings. The number of hydrogen-bond acceptors (Lipinski definition) is 12. The zero-order valence-corrected chi connectivity index (χ0v) is 47.6. The minimum Gasteiger partial charge on any atom is -0.480 e. The van der Waals surface area contributed by atoms with Gasteiger partial charge in [-0.05, 0) is 19.3 Å². The largest absolute Gasteiger partial charge is 0.480 e. The van der Waals surface area contributed by atoms with Gasteiger partial charge in [-0.15, -0.1) is 0 Å². The van der Waals surface area contributed by atoms with Gasteiger partial charge in [-0.2, -0.15) is 0 Å². The van der Waals surface area contributed by atoms with Crippen molar-refractivity contribution in [3.63, 3.8) is 0 Å². The van der Waals surface area contributed by atoms with E-state index in [0.29, 0.717) is 19.3 Å². The lowest BCUT2D eigenvalue weighted by atomic mass is 9.95. The summed E-state index contributed by atoms with van der Waals surface area (Å²) >= 11 is 0. The van der Waals surface area contributed by atoms with E-state index in [0.717, 1.165) is 57.8 Å². The zero-order valence-electron chi connectivity index (χ0n) is 46.4. The summed E-state index contributed by atoms with van der Waals surface area (Å²) in [5.41, 5.74) is 0. The molecule has 10 atom stereocenters. The van der Waals surface area contributed by atoms with Gasteiger partial charge < -0.3 is 70.2 Å². The van der Waals surface area contributed by atoms with Crippen molar-refractivity contribution in [1.82, 2.24) is 10.6 Å². The molecule has 0 saturated carbocycles. The molecule has 73 heavy (non-hydrogen) atoms. The lowest BCUT2D eigenvalue weighted by Crippen LogP contribution is -2.66. The second-order valence-corrected chi connectivity index (χ2v) is 20.0. The molecule has 10 N–H and O–H groups in total. The lowest BCUT2D eigenvalue weighted by molar-refractivity contribution is -0.269. The van der Waals surface area contributed by atoms with Gasteiger partial charge in [-0.25, -0.2) is 4.79 Å². The zero-order chi connectivity index (χ0) is 51.6. The Hall–Kier alpha value is -2.09. The summed E-state index contributed by atoms with van der Waals surface area (Å²) in [5.74, 6) is -2.90. The quantitative estimate of drug-likeness (QED) is 0.0253. The van der Waals surface area contributed by atoms with E-state index in [4.69, 9.17) is 32.9 Å². The van der Waals surface area contributed by atoms with Crippen molar-refractivity contribution in [3.8, 4) is 0 Å². The summed E-state index contributed by atoms with van der Waals surface area (Å²) in [5, 5.41) is 26.2. The topological polar surface area (TPSA) is 292 Å². The van der Waals surface area contributed by atoms with Crippen molar-refractivity contribution in [1.29, 1.82) is 0 Å². The molecule has 2 amide bonds. The summed E-state index contributed by atoms with van der Waals surface area (Å²) in [6.45, 7) is 5.50. The number of methoxy groups -OCH3 is 3. The van der Waals surface area contributed by atoms with Crippen molar-refractivity contribution in [2.75, 3.05) is 34.5 Å². The fourth-order valence-electron chi connectivity index (χ4n) is 9.27. The molecule has 1 fully saturated rings. The van der Waals surface area contributed by atoms with Gasteiger partial charge in [-0.1, -0.05) is 194 Å². The van der Waals surface area contributed by atoms with Crippen LogP contribution in [-0.4, -0.2) is 140 Å². The van der Waals surface area contributed by atoms with Gasteiger partial charge in [0, 0.05) is 30.8 Å². The first kappa shape index (κ1) is 75.1. The number of carboxylic acid groups (broad SMARTS) is 1. The summed E-state index contributed by atoms with van der Waals surface area (Å²) in [7, 11) is 6.81. The number of nitrogens with one attached hydrogen (secondary N) is 2. The van der Waals surface area contributed by atoms with E-state index in [1.54, 1.807) is 21.3 Å². The van der Waals surface area contributed by atoms with Crippen LogP contribution in [0.15, 0.2) is 0 Å². The number of carboxylic acids is 1. The number of ether oxygens (including phenoxy) is 6. The van der Waals surface area contributed by atoms with Crippen LogP contribution in [0.3, 0.4) is 0 Å². The first-order valence-corrected chi connectivity index (χ1v) is 28.3. The number of carbonyl (C=O) groups excluding carboxylic acids is 3. The van der Waals surface area contributed by atoms with Gasteiger partial charge in [-0.3, -0.25) is 14.4 Å². The molecule has 1 saturated heterocycles. The van der Waals surface area contributed by atoms with E-state index in [2.05, 4.69) is 40.9 Å². The van der Waals surface area contributed by atoms with E-state index in [-0.39, 0.29) is 47.9 Å². The number of amides is 2. The highest BCUT2D eigenvalue weighted by Crippen LogP contribution is 2.30. The summed E-state index contributed by atoms with van der Waals surface area (Å²) < 4.78 is 41.2. The third-order valence-corrected chi connectivity index (χ3v) is 14.1. The predicted octanol–water partition coefficient (Wildman–Crippen LogP) is 8.37. The molecule has 1 aliphatic heterocycles. The van der Waals surface area contributed by atoms with Gasteiger partial charge in [0.25, 0.3) is 0 Å². The van der Waals surface area contributed by atoms with E-state index in [1.165, 1.54) is 116 Å². The minimum atomic E-state index is -1.50. The molecule has 18 nitrogen and oxygen atoms in total. The number of hydrogen-bond donors (Lipinski definition) is 4. The maximum absolute atomic E-state index is 13.9. The maximum atomic E-state index is 13.9. The number of rotatable bonds is 48. The maximum Gasteiger partial charge on any atom is 0.328 e. The number of aliphatic hydroxyl groups excluding tert-OH is 1. The summed E-state index contributed by atoms with van der Waals surface area (Å²) in [6, 6.07) is -2.72. The van der Waals surface area contributed by atoms with Crippen molar-refractivity contribution in [2.24, 2.45) is 0 Å². The third kappa shape index (κ3) is 36.6. The molecule has 0 bridgehead atoms.